The first-order valence-corrected chi connectivity index (χ1v) is 5.07. The van der Waals surface area contributed by atoms with E-state index in [1.54, 1.807) is 0 Å². The Bertz CT molecular complexity index is 154. The van der Waals surface area contributed by atoms with Crippen LogP contribution in [0.5, 0.6) is 0 Å². The molecule has 0 aromatic heterocycles. The van der Waals surface area contributed by atoms with Crippen LogP contribution in [-0.2, 0) is 0 Å². The Morgan fingerprint density at radius 1 is 1.15 bits per heavy atom. The van der Waals surface area contributed by atoms with Crippen LogP contribution in [0.2, 0.25) is 0 Å². The number of nitrogens with two attached hydrogens (primary N) is 1. The van der Waals surface area contributed by atoms with Crippen molar-refractivity contribution in [2.75, 3.05) is 13.6 Å². The summed E-state index contributed by atoms with van der Waals surface area (Å²) in [6.45, 7) is 14.1. The molecule has 0 saturated carbocycles. The molecule has 2 N–H and O–H groups in total. The predicted molar refractivity (Wildman–Crippen MR) is 59.8 cm³/mol. The number of nitrogens with zero attached hydrogens (tertiary/aromatic N) is 1. The zero-order valence-corrected chi connectivity index (χ0v) is 10.3. The van der Waals surface area contributed by atoms with Crippen LogP contribution in [0, 0.1) is 5.41 Å². The minimum Gasteiger partial charge on any atom is -0.325 e. The maximum atomic E-state index is 6.14. The zero-order valence-electron chi connectivity index (χ0n) is 10.3. The van der Waals surface area contributed by atoms with E-state index in [-0.39, 0.29) is 11.0 Å². The fraction of sp³-hybridized carbons (Fsp3) is 1.00. The van der Waals surface area contributed by atoms with E-state index in [9.17, 15) is 0 Å². The van der Waals surface area contributed by atoms with E-state index in [4.69, 9.17) is 5.73 Å². The quantitative estimate of drug-likeness (QED) is 0.728. The van der Waals surface area contributed by atoms with Gasteiger partial charge in [-0.2, -0.15) is 0 Å². The molecule has 0 atom stereocenters. The SMILES string of the molecule is CC(C)N(C)CC(C)(C)C(C)(C)N. The van der Waals surface area contributed by atoms with Gasteiger partial charge in [0.05, 0.1) is 0 Å². The molecule has 0 unspecified atom stereocenters. The summed E-state index contributed by atoms with van der Waals surface area (Å²) in [4.78, 5) is 2.34. The van der Waals surface area contributed by atoms with Gasteiger partial charge >= 0.3 is 0 Å². The Hall–Kier alpha value is -0.0800. The van der Waals surface area contributed by atoms with Gasteiger partial charge in [0, 0.05) is 18.1 Å². The Morgan fingerprint density at radius 3 is 1.77 bits per heavy atom. The van der Waals surface area contributed by atoms with Crippen LogP contribution in [-0.4, -0.2) is 30.1 Å². The molecule has 0 aliphatic carbocycles. The molecule has 2 nitrogen and oxygen atoms in total. The summed E-state index contributed by atoms with van der Waals surface area (Å²) in [7, 11) is 2.15. The van der Waals surface area contributed by atoms with Gasteiger partial charge in [0.2, 0.25) is 0 Å². The Kier molecular flexibility index (Phi) is 3.95. The molecule has 0 bridgehead atoms. The minimum absolute atomic E-state index is 0.129. The lowest BCUT2D eigenvalue weighted by atomic mass is 9.75. The van der Waals surface area contributed by atoms with Crippen LogP contribution < -0.4 is 5.73 Å². The van der Waals surface area contributed by atoms with E-state index in [1.165, 1.54) is 0 Å². The molecule has 80 valence electrons. The van der Waals surface area contributed by atoms with E-state index < -0.39 is 0 Å². The van der Waals surface area contributed by atoms with E-state index >= 15 is 0 Å². The molecule has 0 amide bonds. The van der Waals surface area contributed by atoms with Crippen LogP contribution in [0.3, 0.4) is 0 Å². The first kappa shape index (κ1) is 12.9. The second-order valence-electron chi connectivity index (χ2n) is 5.61. The minimum atomic E-state index is -0.129. The molecule has 0 fully saturated rings. The molecule has 0 spiro atoms. The van der Waals surface area contributed by atoms with Crippen molar-refractivity contribution in [2.45, 2.75) is 53.1 Å². The molecule has 0 saturated heterocycles. The normalized spacial score (nSPS) is 14.3. The van der Waals surface area contributed by atoms with Gasteiger partial charge in [0.1, 0.15) is 0 Å². The monoisotopic (exact) mass is 186 g/mol. The smallest absolute Gasteiger partial charge is 0.0161 e. The molecule has 0 heterocycles. The maximum Gasteiger partial charge on any atom is 0.0161 e. The fourth-order valence-electron chi connectivity index (χ4n) is 1.01. The highest BCUT2D eigenvalue weighted by Crippen LogP contribution is 2.29. The van der Waals surface area contributed by atoms with Crippen LogP contribution in [0.1, 0.15) is 41.5 Å². The maximum absolute atomic E-state index is 6.14. The highest BCUT2D eigenvalue weighted by Gasteiger charge is 2.34. The lowest BCUT2D eigenvalue weighted by molar-refractivity contribution is 0.112. The van der Waals surface area contributed by atoms with Gasteiger partial charge in [-0.05, 0) is 40.2 Å². The Morgan fingerprint density at radius 2 is 1.54 bits per heavy atom. The van der Waals surface area contributed by atoms with Crippen molar-refractivity contribution in [3.8, 4) is 0 Å². The summed E-state index contributed by atoms with van der Waals surface area (Å²) in [5.74, 6) is 0. The van der Waals surface area contributed by atoms with Crippen molar-refractivity contribution in [3.63, 3.8) is 0 Å². The van der Waals surface area contributed by atoms with Gasteiger partial charge < -0.3 is 10.6 Å². The molecular formula is C11H26N2. The molecular weight excluding hydrogens is 160 g/mol. The van der Waals surface area contributed by atoms with E-state index in [2.05, 4.69) is 53.5 Å². The summed E-state index contributed by atoms with van der Waals surface area (Å²) < 4.78 is 0. The van der Waals surface area contributed by atoms with Gasteiger partial charge in [0.15, 0.2) is 0 Å². The average Bonchev–Trinajstić information content (AvgIpc) is 1.83. The molecule has 0 aliphatic heterocycles. The molecule has 0 rings (SSSR count). The van der Waals surface area contributed by atoms with Gasteiger partial charge in [-0.25, -0.2) is 0 Å². The van der Waals surface area contributed by atoms with Gasteiger partial charge in [-0.1, -0.05) is 13.8 Å². The highest BCUT2D eigenvalue weighted by molar-refractivity contribution is 4.92. The summed E-state index contributed by atoms with van der Waals surface area (Å²) >= 11 is 0. The third-order valence-electron chi connectivity index (χ3n) is 3.27. The summed E-state index contributed by atoms with van der Waals surface area (Å²) in [6, 6.07) is 0.585. The Labute approximate surface area is 83.5 Å². The van der Waals surface area contributed by atoms with E-state index in [0.29, 0.717) is 6.04 Å². The molecule has 0 aromatic carbocycles. The van der Waals surface area contributed by atoms with Gasteiger partial charge in [0.25, 0.3) is 0 Å². The number of rotatable bonds is 4. The zero-order chi connectivity index (χ0) is 10.9. The molecule has 0 aromatic rings. The molecule has 2 heteroatoms. The third kappa shape index (κ3) is 3.65. The molecule has 0 radical (unpaired) electrons. The summed E-state index contributed by atoms with van der Waals surface area (Å²) in [5, 5.41) is 0. The third-order valence-corrected chi connectivity index (χ3v) is 3.27. The van der Waals surface area contributed by atoms with Gasteiger partial charge in [-0.15, -0.1) is 0 Å². The second-order valence-corrected chi connectivity index (χ2v) is 5.61. The fourth-order valence-corrected chi connectivity index (χ4v) is 1.01. The molecule has 0 aliphatic rings. The summed E-state index contributed by atoms with van der Waals surface area (Å²) in [5.41, 5.74) is 6.15. The van der Waals surface area contributed by atoms with Crippen molar-refractivity contribution in [3.05, 3.63) is 0 Å². The lowest BCUT2D eigenvalue weighted by Gasteiger charge is -2.42. The summed E-state index contributed by atoms with van der Waals surface area (Å²) in [6.07, 6.45) is 0. The van der Waals surface area contributed by atoms with Crippen LogP contribution >= 0.6 is 0 Å². The highest BCUT2D eigenvalue weighted by atomic mass is 15.1. The van der Waals surface area contributed by atoms with Crippen molar-refractivity contribution in [1.82, 2.24) is 4.90 Å². The van der Waals surface area contributed by atoms with Gasteiger partial charge in [-0.3, -0.25) is 0 Å². The largest absolute Gasteiger partial charge is 0.325 e. The topological polar surface area (TPSA) is 29.3 Å². The lowest BCUT2D eigenvalue weighted by Crippen LogP contribution is -2.53. The van der Waals surface area contributed by atoms with Crippen LogP contribution in [0.15, 0.2) is 0 Å². The first-order valence-electron chi connectivity index (χ1n) is 5.07. The standard InChI is InChI=1S/C11H26N2/c1-9(2)13(7)8-10(3,4)11(5,6)12/h9H,8,12H2,1-7H3. The van der Waals surface area contributed by atoms with Crippen molar-refractivity contribution < 1.29 is 0 Å². The number of hydrogen-bond acceptors (Lipinski definition) is 2. The predicted octanol–water partition coefficient (Wildman–Crippen LogP) is 2.09. The van der Waals surface area contributed by atoms with Crippen molar-refractivity contribution in [2.24, 2.45) is 11.1 Å². The van der Waals surface area contributed by atoms with Crippen molar-refractivity contribution >= 4 is 0 Å². The van der Waals surface area contributed by atoms with E-state index in [1.807, 2.05) is 0 Å². The first-order chi connectivity index (χ1) is 5.58. The van der Waals surface area contributed by atoms with E-state index in [0.717, 1.165) is 6.54 Å². The average molecular weight is 186 g/mol. The van der Waals surface area contributed by atoms with Crippen LogP contribution in [0.25, 0.3) is 0 Å². The van der Waals surface area contributed by atoms with Crippen molar-refractivity contribution in [1.29, 1.82) is 0 Å². The second kappa shape index (κ2) is 3.97. The number of hydrogen-bond donors (Lipinski definition) is 1. The van der Waals surface area contributed by atoms with Crippen LogP contribution in [0.4, 0.5) is 0 Å². The molecule has 13 heavy (non-hydrogen) atoms. The Balaban J connectivity index is 4.34.